The number of hydrogen-bond donors (Lipinski definition) is 0. The zero-order valence-electron chi connectivity index (χ0n) is 29.8. The topological polar surface area (TPSA) is 141 Å². The van der Waals surface area contributed by atoms with Crippen LogP contribution in [0.1, 0.15) is 74.7 Å². The molecule has 3 rings (SSSR count). The first-order valence-electron chi connectivity index (χ1n) is 16.4. The molecule has 13 atom stereocenters. The van der Waals surface area contributed by atoms with E-state index in [0.717, 1.165) is 0 Å². The van der Waals surface area contributed by atoms with Crippen LogP contribution in [0.2, 0.25) is 0 Å². The summed E-state index contributed by atoms with van der Waals surface area (Å²) < 4.78 is 37.0. The minimum atomic E-state index is -1.39. The summed E-state index contributed by atoms with van der Waals surface area (Å²) in [5.74, 6) is -4.85. The third kappa shape index (κ3) is 8.72. The number of Topliss-reactive ketones (excluding diaryl/α,β-unsaturated/α-hetero) is 2. The summed E-state index contributed by atoms with van der Waals surface area (Å²) in [6, 6.07) is -0.949. The Bertz CT molecular complexity index is 1140. The Morgan fingerprint density at radius 3 is 2.23 bits per heavy atom. The standard InChI is InChI=1S/C34H56N2O10.Re/c1-13-15-42-33(8)17-18(3)25(37)20(5)28-34(9,46-32(40)35-28)24(14-2)44-30(39)22(7)26(38)21(6)29(33)45-31-27(41-12)23(36(10)11)16-19(4)43-31;/h13,18-24,27-29,31H,1,14-17H2,2-12H3,(H,35,40);/p-1/t18-,19-,20+,21+,22-,23+,24-,27-,28?,29-,31+,33+,34-;/m1./s1. The van der Waals surface area contributed by atoms with E-state index in [1.54, 1.807) is 54.7 Å². The summed E-state index contributed by atoms with van der Waals surface area (Å²) in [5.41, 5.74) is -2.63. The van der Waals surface area contributed by atoms with Gasteiger partial charge >= 0.3 is 5.97 Å². The number of cyclic esters (lactones) is 1. The second-order valence-electron chi connectivity index (χ2n) is 13.9. The first-order valence-corrected chi connectivity index (χ1v) is 16.4. The van der Waals surface area contributed by atoms with E-state index in [9.17, 15) is 19.2 Å². The van der Waals surface area contributed by atoms with Gasteiger partial charge in [-0.05, 0) is 61.1 Å². The van der Waals surface area contributed by atoms with Crippen molar-refractivity contribution in [1.82, 2.24) is 4.90 Å². The van der Waals surface area contributed by atoms with Crippen LogP contribution in [0.15, 0.2) is 12.7 Å². The summed E-state index contributed by atoms with van der Waals surface area (Å²) in [6.07, 6.45) is -1.58. The summed E-state index contributed by atoms with van der Waals surface area (Å²) in [4.78, 5) is 56.5. The molecule has 3 heterocycles. The largest absolute Gasteiger partial charge is 0.611 e. The van der Waals surface area contributed by atoms with Gasteiger partial charge in [0, 0.05) is 51.3 Å². The molecule has 12 nitrogen and oxygen atoms in total. The normalized spacial score (nSPS) is 42.0. The number of ether oxygens (including phenoxy) is 6. The number of fused-ring (bicyclic) bond motifs is 1. The van der Waals surface area contributed by atoms with Crippen molar-refractivity contribution in [3.63, 3.8) is 0 Å². The van der Waals surface area contributed by atoms with Crippen LogP contribution in [0.25, 0.3) is 5.32 Å². The third-order valence-electron chi connectivity index (χ3n) is 10.1. The number of nitrogens with zero attached hydrogens (tertiary/aromatic N) is 2. The molecule has 0 N–H and O–H groups in total. The van der Waals surface area contributed by atoms with Crippen LogP contribution in [0.5, 0.6) is 0 Å². The van der Waals surface area contributed by atoms with Gasteiger partial charge in [-0.15, -0.1) is 6.58 Å². The second kappa shape index (κ2) is 16.8. The molecule has 13 heteroatoms. The number of carbonyl (C=O) groups excluding carboxylic acids is 4. The molecule has 3 fully saturated rings. The van der Waals surface area contributed by atoms with Crippen LogP contribution in [-0.4, -0.2) is 110 Å². The van der Waals surface area contributed by atoms with Crippen LogP contribution in [0.3, 0.4) is 0 Å². The molecule has 3 aliphatic rings. The monoisotopic (exact) mass is 838 g/mol. The summed E-state index contributed by atoms with van der Waals surface area (Å²) in [5, 5.41) is 4.17. The Kier molecular flexibility index (Phi) is 14.8. The molecule has 0 aliphatic carbocycles. The first kappa shape index (κ1) is 41.5. The van der Waals surface area contributed by atoms with Crippen molar-refractivity contribution in [2.75, 3.05) is 27.8 Å². The van der Waals surface area contributed by atoms with Crippen molar-refractivity contribution in [1.29, 1.82) is 0 Å². The van der Waals surface area contributed by atoms with Crippen LogP contribution in [0.4, 0.5) is 4.79 Å². The molecule has 1 unspecified atom stereocenters. The van der Waals surface area contributed by atoms with Gasteiger partial charge in [0.05, 0.1) is 24.4 Å². The second-order valence-corrected chi connectivity index (χ2v) is 13.9. The van der Waals surface area contributed by atoms with E-state index in [-0.39, 0.29) is 57.8 Å². The SMILES string of the molecule is C=CCO[C@@]1(C)C[C@@H](C)C(=O)[C@H](C)C2[N-]C(=O)O[C@]2(C)[C@@H](CC)OC(=O)[C@H](C)C(=O)[C@H](C)[C@H]1O[C@@H]1O[C@H](C)C[C@H](N(C)C)[C@H]1OC.[Re]. The van der Waals surface area contributed by atoms with Crippen LogP contribution >= 0.6 is 0 Å². The van der Waals surface area contributed by atoms with E-state index in [1.165, 1.54) is 6.92 Å². The molecule has 3 aliphatic heterocycles. The molecule has 0 aromatic rings. The van der Waals surface area contributed by atoms with Gasteiger partial charge in [0.25, 0.3) is 0 Å². The minimum Gasteiger partial charge on any atom is -0.611 e. The number of ketones is 2. The fraction of sp³-hybridized carbons (Fsp3) is 0.824. The predicted molar refractivity (Wildman–Crippen MR) is 170 cm³/mol. The predicted octanol–water partition coefficient (Wildman–Crippen LogP) is 4.47. The fourth-order valence-electron chi connectivity index (χ4n) is 7.54. The van der Waals surface area contributed by atoms with Gasteiger partial charge in [-0.2, -0.15) is 0 Å². The Hall–Kier alpha value is -1.72. The number of amides is 1. The number of likely N-dealkylation sites (N-methyl/N-ethyl adjacent to an activating group) is 1. The molecule has 0 spiro atoms. The fourth-order valence-corrected chi connectivity index (χ4v) is 7.54. The van der Waals surface area contributed by atoms with Crippen molar-refractivity contribution >= 4 is 23.6 Å². The average molecular weight is 838 g/mol. The van der Waals surface area contributed by atoms with Gasteiger partial charge in [0.2, 0.25) is 6.09 Å². The van der Waals surface area contributed by atoms with Gasteiger partial charge in [0.15, 0.2) is 12.1 Å². The number of methoxy groups -OCH3 is 1. The zero-order valence-corrected chi connectivity index (χ0v) is 32.5. The molecule has 0 aromatic heterocycles. The molecule has 1 amide bonds. The van der Waals surface area contributed by atoms with Crippen LogP contribution in [0, 0.1) is 23.7 Å². The maximum Gasteiger partial charge on any atom is 0.316 e. The Balaban J connectivity index is 0.00000768. The third-order valence-corrected chi connectivity index (χ3v) is 10.1. The number of esters is 1. The molecular weight excluding hydrogens is 783 g/mol. The van der Waals surface area contributed by atoms with E-state index < -0.39 is 83.4 Å². The molecule has 3 saturated heterocycles. The van der Waals surface area contributed by atoms with E-state index in [0.29, 0.717) is 6.42 Å². The molecular formula is C34H55N2O10Re-. The van der Waals surface area contributed by atoms with Crippen molar-refractivity contribution < 1.29 is 68.0 Å². The van der Waals surface area contributed by atoms with Crippen molar-refractivity contribution in [3.05, 3.63) is 18.0 Å². The summed E-state index contributed by atoms with van der Waals surface area (Å²) in [7, 11) is 5.51. The molecule has 269 valence electrons. The molecule has 0 bridgehead atoms. The summed E-state index contributed by atoms with van der Waals surface area (Å²) >= 11 is 0. The number of hydrogen-bond acceptors (Lipinski definition) is 11. The van der Waals surface area contributed by atoms with E-state index in [2.05, 4.69) is 16.8 Å². The minimum absolute atomic E-state index is 0. The maximum absolute atomic E-state index is 14.2. The number of carbonyl (C=O) groups is 4. The Morgan fingerprint density at radius 1 is 1.04 bits per heavy atom. The van der Waals surface area contributed by atoms with Crippen molar-refractivity contribution in [2.45, 2.75) is 129 Å². The Labute approximate surface area is 293 Å². The quantitative estimate of drug-likeness (QED) is 0.194. The van der Waals surface area contributed by atoms with E-state index in [4.69, 9.17) is 28.4 Å². The van der Waals surface area contributed by atoms with E-state index in [1.807, 2.05) is 21.0 Å². The van der Waals surface area contributed by atoms with Crippen LogP contribution < -0.4 is 0 Å². The van der Waals surface area contributed by atoms with Gasteiger partial charge < -0.3 is 38.6 Å². The number of rotatable bonds is 8. The van der Waals surface area contributed by atoms with Crippen molar-refractivity contribution in [3.8, 4) is 0 Å². The zero-order chi connectivity index (χ0) is 34.7. The smallest absolute Gasteiger partial charge is 0.316 e. The van der Waals surface area contributed by atoms with E-state index >= 15 is 0 Å². The molecule has 1 radical (unpaired) electrons. The molecule has 0 saturated carbocycles. The van der Waals surface area contributed by atoms with Gasteiger partial charge in [0.1, 0.15) is 29.5 Å². The van der Waals surface area contributed by atoms with Gasteiger partial charge in [-0.1, -0.05) is 39.8 Å². The van der Waals surface area contributed by atoms with Gasteiger partial charge in [-0.3, -0.25) is 19.2 Å². The van der Waals surface area contributed by atoms with Crippen LogP contribution in [-0.2, 0) is 63.2 Å². The van der Waals surface area contributed by atoms with Crippen molar-refractivity contribution in [2.24, 2.45) is 23.7 Å². The first-order chi connectivity index (χ1) is 21.4. The molecule has 0 aromatic carbocycles. The molecule has 47 heavy (non-hydrogen) atoms. The maximum atomic E-state index is 14.2. The summed E-state index contributed by atoms with van der Waals surface area (Å²) in [6.45, 7) is 17.8. The Morgan fingerprint density at radius 2 is 1.68 bits per heavy atom. The van der Waals surface area contributed by atoms with Gasteiger partial charge in [-0.25, -0.2) is 0 Å². The average Bonchev–Trinajstić information content (AvgIpc) is 3.32.